The standard InChI is InChI=1S/C17H17N7O/c1-10-3-2-4-12(9-10)14-22-15(25-24-14)11-5-7-13(8-6-11)21-17(20)23-16(18)19/h2-9H,1H3,(H6,18,19,20,21,23). The van der Waals surface area contributed by atoms with Crippen LogP contribution in [0.25, 0.3) is 22.8 Å². The molecule has 6 N–H and O–H groups in total. The van der Waals surface area contributed by atoms with E-state index in [2.05, 4.69) is 20.1 Å². The first-order chi connectivity index (χ1) is 12.0. The van der Waals surface area contributed by atoms with Crippen molar-refractivity contribution in [2.24, 2.45) is 27.2 Å². The zero-order chi connectivity index (χ0) is 17.8. The number of benzene rings is 2. The number of nitrogens with two attached hydrogens (primary N) is 3. The minimum absolute atomic E-state index is 0.0210. The van der Waals surface area contributed by atoms with Crippen LogP contribution in [-0.4, -0.2) is 22.1 Å². The van der Waals surface area contributed by atoms with Crippen LogP contribution in [0.4, 0.5) is 5.69 Å². The van der Waals surface area contributed by atoms with E-state index in [1.54, 1.807) is 24.3 Å². The van der Waals surface area contributed by atoms with Crippen LogP contribution in [0, 0.1) is 6.92 Å². The lowest BCUT2D eigenvalue weighted by Crippen LogP contribution is -2.26. The van der Waals surface area contributed by atoms with E-state index < -0.39 is 0 Å². The summed E-state index contributed by atoms with van der Waals surface area (Å²) in [4.78, 5) is 12.2. The van der Waals surface area contributed by atoms with Crippen LogP contribution in [0.2, 0.25) is 0 Å². The normalized spacial score (nSPS) is 11.3. The molecule has 0 atom stereocenters. The second kappa shape index (κ2) is 6.83. The van der Waals surface area contributed by atoms with E-state index in [-0.39, 0.29) is 11.9 Å². The van der Waals surface area contributed by atoms with Crippen LogP contribution in [0.1, 0.15) is 5.56 Å². The second-order valence-electron chi connectivity index (χ2n) is 5.35. The van der Waals surface area contributed by atoms with Crippen LogP contribution in [0.15, 0.2) is 63.0 Å². The summed E-state index contributed by atoms with van der Waals surface area (Å²) < 4.78 is 5.34. The fraction of sp³-hybridized carbons (Fsp3) is 0.0588. The van der Waals surface area contributed by atoms with Gasteiger partial charge in [0.1, 0.15) is 0 Å². The molecule has 0 aliphatic rings. The molecule has 0 aliphatic carbocycles. The highest BCUT2D eigenvalue weighted by Gasteiger charge is 2.10. The number of rotatable bonds is 3. The molecule has 1 heterocycles. The van der Waals surface area contributed by atoms with Gasteiger partial charge in [-0.2, -0.15) is 9.98 Å². The van der Waals surface area contributed by atoms with Crippen molar-refractivity contribution < 1.29 is 4.52 Å². The third-order valence-electron chi connectivity index (χ3n) is 3.30. The molecule has 8 nitrogen and oxygen atoms in total. The molecule has 0 fully saturated rings. The molecule has 0 saturated heterocycles. The maximum Gasteiger partial charge on any atom is 0.258 e. The molecule has 0 amide bonds. The molecule has 0 aliphatic heterocycles. The van der Waals surface area contributed by atoms with Gasteiger partial charge in [-0.05, 0) is 37.3 Å². The highest BCUT2D eigenvalue weighted by molar-refractivity contribution is 5.93. The Hall–Kier alpha value is -3.68. The van der Waals surface area contributed by atoms with Gasteiger partial charge in [-0.1, -0.05) is 28.9 Å². The van der Waals surface area contributed by atoms with Gasteiger partial charge in [-0.25, -0.2) is 4.99 Å². The molecule has 126 valence electrons. The number of hydrogen-bond donors (Lipinski definition) is 3. The van der Waals surface area contributed by atoms with Crippen molar-refractivity contribution in [2.75, 3.05) is 0 Å². The molecule has 3 aromatic rings. The molecule has 8 heteroatoms. The minimum atomic E-state index is -0.146. The lowest BCUT2D eigenvalue weighted by atomic mass is 10.1. The van der Waals surface area contributed by atoms with E-state index in [4.69, 9.17) is 21.7 Å². The van der Waals surface area contributed by atoms with Crippen LogP contribution in [-0.2, 0) is 0 Å². The summed E-state index contributed by atoms with van der Waals surface area (Å²) in [7, 11) is 0. The van der Waals surface area contributed by atoms with Crippen molar-refractivity contribution in [1.29, 1.82) is 0 Å². The van der Waals surface area contributed by atoms with Gasteiger partial charge in [0.05, 0.1) is 5.69 Å². The van der Waals surface area contributed by atoms with Gasteiger partial charge in [-0.15, -0.1) is 0 Å². The number of guanidine groups is 2. The van der Waals surface area contributed by atoms with E-state index in [0.717, 1.165) is 16.7 Å². The SMILES string of the molecule is Cc1cccc(-c2noc(-c3ccc(N=C(N)N=C(N)N)cc3)n2)c1. The maximum atomic E-state index is 5.60. The predicted octanol–water partition coefficient (Wildman–Crippen LogP) is 1.93. The van der Waals surface area contributed by atoms with E-state index in [1.807, 2.05) is 31.2 Å². The molecule has 0 unspecified atom stereocenters. The third kappa shape index (κ3) is 3.99. The Balaban J connectivity index is 1.83. The fourth-order valence-electron chi connectivity index (χ4n) is 2.21. The molecule has 25 heavy (non-hydrogen) atoms. The summed E-state index contributed by atoms with van der Waals surface area (Å²) in [6.45, 7) is 2.01. The Morgan fingerprint density at radius 3 is 2.44 bits per heavy atom. The number of nitrogens with zero attached hydrogens (tertiary/aromatic N) is 4. The number of aromatic nitrogens is 2. The topological polar surface area (TPSA) is 142 Å². The van der Waals surface area contributed by atoms with Gasteiger partial charge in [0.25, 0.3) is 5.89 Å². The minimum Gasteiger partial charge on any atom is -0.370 e. The first-order valence-corrected chi connectivity index (χ1v) is 7.46. The van der Waals surface area contributed by atoms with E-state index in [0.29, 0.717) is 17.4 Å². The summed E-state index contributed by atoms with van der Waals surface area (Å²) in [5.41, 5.74) is 19.5. The highest BCUT2D eigenvalue weighted by Crippen LogP contribution is 2.24. The van der Waals surface area contributed by atoms with Crippen molar-refractivity contribution in [1.82, 2.24) is 10.1 Å². The Bertz CT molecular complexity index is 938. The lowest BCUT2D eigenvalue weighted by molar-refractivity contribution is 0.432. The molecule has 0 spiro atoms. The quantitative estimate of drug-likeness (QED) is 0.493. The largest absolute Gasteiger partial charge is 0.370 e. The first kappa shape index (κ1) is 16.2. The van der Waals surface area contributed by atoms with Crippen LogP contribution in [0.5, 0.6) is 0 Å². The zero-order valence-corrected chi connectivity index (χ0v) is 13.5. The fourth-order valence-corrected chi connectivity index (χ4v) is 2.21. The molecule has 0 radical (unpaired) electrons. The molecule has 3 rings (SSSR count). The Morgan fingerprint density at radius 2 is 1.76 bits per heavy atom. The second-order valence-corrected chi connectivity index (χ2v) is 5.35. The lowest BCUT2D eigenvalue weighted by Gasteiger charge is -1.98. The van der Waals surface area contributed by atoms with E-state index in [1.165, 1.54) is 0 Å². The van der Waals surface area contributed by atoms with E-state index in [9.17, 15) is 0 Å². The van der Waals surface area contributed by atoms with Crippen molar-refractivity contribution >= 4 is 17.6 Å². The van der Waals surface area contributed by atoms with Crippen LogP contribution < -0.4 is 17.2 Å². The van der Waals surface area contributed by atoms with Gasteiger partial charge >= 0.3 is 0 Å². The molecule has 1 aromatic heterocycles. The van der Waals surface area contributed by atoms with Crippen molar-refractivity contribution in [3.8, 4) is 22.8 Å². The van der Waals surface area contributed by atoms with Crippen molar-refractivity contribution in [2.45, 2.75) is 6.92 Å². The van der Waals surface area contributed by atoms with Gasteiger partial charge < -0.3 is 21.7 Å². The van der Waals surface area contributed by atoms with Gasteiger partial charge in [0, 0.05) is 11.1 Å². The maximum absolute atomic E-state index is 5.60. The highest BCUT2D eigenvalue weighted by atomic mass is 16.5. The molecular weight excluding hydrogens is 318 g/mol. The van der Waals surface area contributed by atoms with Gasteiger partial charge in [0.15, 0.2) is 5.96 Å². The summed E-state index contributed by atoms with van der Waals surface area (Å²) in [5.74, 6) is 0.793. The first-order valence-electron chi connectivity index (χ1n) is 7.46. The average molecular weight is 335 g/mol. The molecule has 2 aromatic carbocycles. The summed E-state index contributed by atoms with van der Waals surface area (Å²) >= 11 is 0. The third-order valence-corrected chi connectivity index (χ3v) is 3.30. The van der Waals surface area contributed by atoms with Crippen LogP contribution >= 0.6 is 0 Å². The Labute approximate surface area is 144 Å². The van der Waals surface area contributed by atoms with Crippen molar-refractivity contribution in [3.63, 3.8) is 0 Å². The van der Waals surface area contributed by atoms with E-state index >= 15 is 0 Å². The molecule has 0 bridgehead atoms. The predicted molar refractivity (Wildman–Crippen MR) is 97.0 cm³/mol. The summed E-state index contributed by atoms with van der Waals surface area (Å²) in [6, 6.07) is 15.0. The number of hydrogen-bond acceptors (Lipinski definition) is 4. The molecular formula is C17H17N7O. The summed E-state index contributed by atoms with van der Waals surface area (Å²) in [6.07, 6.45) is 0. The van der Waals surface area contributed by atoms with Gasteiger partial charge in [0.2, 0.25) is 11.8 Å². The molecule has 0 saturated carbocycles. The number of aliphatic imine (C=N–C) groups is 2. The number of aryl methyl sites for hydroxylation is 1. The average Bonchev–Trinajstić information content (AvgIpc) is 3.05. The summed E-state index contributed by atoms with van der Waals surface area (Å²) in [5, 5.41) is 4.03. The smallest absolute Gasteiger partial charge is 0.258 e. The van der Waals surface area contributed by atoms with Crippen molar-refractivity contribution in [3.05, 3.63) is 54.1 Å². The monoisotopic (exact) mass is 335 g/mol. The Kier molecular flexibility index (Phi) is 4.42. The Morgan fingerprint density at radius 1 is 1.00 bits per heavy atom. The van der Waals surface area contributed by atoms with Gasteiger partial charge in [-0.3, -0.25) is 0 Å². The zero-order valence-electron chi connectivity index (χ0n) is 13.5. The van der Waals surface area contributed by atoms with Crippen LogP contribution in [0.3, 0.4) is 0 Å².